The van der Waals surface area contributed by atoms with Gasteiger partial charge >= 0.3 is 0 Å². The predicted molar refractivity (Wildman–Crippen MR) is 30.1 cm³/mol. The normalized spacial score (nSPS) is 12.1. The smallest absolute Gasteiger partial charge is 0.176 e. The zero-order valence-corrected chi connectivity index (χ0v) is 5.14. The second-order valence-electron chi connectivity index (χ2n) is 1.61. The summed E-state index contributed by atoms with van der Waals surface area (Å²) in [5.41, 5.74) is 0. The first-order valence-corrected chi connectivity index (χ1v) is 2.44. The summed E-state index contributed by atoms with van der Waals surface area (Å²) in [6, 6.07) is 0.130. The van der Waals surface area contributed by atoms with Crippen molar-refractivity contribution in [2.45, 2.75) is 13.0 Å². The molecule has 0 amide bonds. The third-order valence-electron chi connectivity index (χ3n) is 0.728. The summed E-state index contributed by atoms with van der Waals surface area (Å²) >= 11 is 0. The first-order valence-electron chi connectivity index (χ1n) is 2.44. The van der Waals surface area contributed by atoms with Gasteiger partial charge in [0.2, 0.25) is 0 Å². The third kappa shape index (κ3) is 3.44. The molecule has 0 saturated heterocycles. The number of hydrogen-bond donors (Lipinski definition) is 1. The van der Waals surface area contributed by atoms with E-state index < -0.39 is 0 Å². The van der Waals surface area contributed by atoms with E-state index in [1.165, 1.54) is 0 Å². The van der Waals surface area contributed by atoms with Crippen LogP contribution in [0.25, 0.3) is 0 Å². The van der Waals surface area contributed by atoms with Gasteiger partial charge in [-0.1, -0.05) is 0 Å². The van der Waals surface area contributed by atoms with Crippen LogP contribution in [0.15, 0.2) is 0 Å². The van der Waals surface area contributed by atoms with E-state index in [9.17, 15) is 0 Å². The Hall–Kier alpha value is -0.750. The van der Waals surface area contributed by atoms with Gasteiger partial charge in [-0.25, -0.2) is 0 Å². The summed E-state index contributed by atoms with van der Waals surface area (Å²) in [7, 11) is 1.61. The molecule has 0 rings (SSSR count). The molecule has 1 atom stereocenters. The Balaban J connectivity index is 3.08. The van der Waals surface area contributed by atoms with Crippen LogP contribution in [0.5, 0.6) is 0 Å². The van der Waals surface area contributed by atoms with E-state index in [-0.39, 0.29) is 6.04 Å². The molecule has 0 heterocycles. The van der Waals surface area contributed by atoms with Crippen LogP contribution >= 0.6 is 0 Å². The van der Waals surface area contributed by atoms with Gasteiger partial charge in [0.05, 0.1) is 12.6 Å². The molecule has 0 aromatic carbocycles. The molecular formula is C5H10N2O. The van der Waals surface area contributed by atoms with Crippen LogP contribution in [0.4, 0.5) is 0 Å². The number of nitrogens with one attached hydrogen (secondary N) is 1. The highest BCUT2D eigenvalue weighted by atomic mass is 16.5. The molecular weight excluding hydrogens is 104 g/mol. The van der Waals surface area contributed by atoms with Crippen molar-refractivity contribution in [3.8, 4) is 6.19 Å². The van der Waals surface area contributed by atoms with Crippen molar-refractivity contribution in [1.82, 2.24) is 5.32 Å². The summed E-state index contributed by atoms with van der Waals surface area (Å²) in [6.45, 7) is 2.46. The maximum Gasteiger partial charge on any atom is 0.176 e. The quantitative estimate of drug-likeness (QED) is 0.418. The van der Waals surface area contributed by atoms with Crippen molar-refractivity contribution in [2.75, 3.05) is 13.7 Å². The second-order valence-corrected chi connectivity index (χ2v) is 1.61. The lowest BCUT2D eigenvalue weighted by Gasteiger charge is -2.04. The molecule has 0 aromatic rings. The number of rotatable bonds is 3. The van der Waals surface area contributed by atoms with E-state index in [1.807, 2.05) is 13.1 Å². The van der Waals surface area contributed by atoms with E-state index >= 15 is 0 Å². The van der Waals surface area contributed by atoms with E-state index in [1.54, 1.807) is 7.11 Å². The summed E-state index contributed by atoms with van der Waals surface area (Å²) in [5, 5.41) is 10.6. The van der Waals surface area contributed by atoms with Crippen molar-refractivity contribution < 1.29 is 4.74 Å². The van der Waals surface area contributed by atoms with Gasteiger partial charge in [0.1, 0.15) is 0 Å². The van der Waals surface area contributed by atoms with Gasteiger partial charge in [-0.2, -0.15) is 5.26 Å². The minimum atomic E-state index is 0.130. The highest BCUT2D eigenvalue weighted by Gasteiger charge is 1.94. The molecule has 1 unspecified atom stereocenters. The van der Waals surface area contributed by atoms with Crippen molar-refractivity contribution in [1.29, 1.82) is 5.26 Å². The zero-order chi connectivity index (χ0) is 6.41. The van der Waals surface area contributed by atoms with Crippen molar-refractivity contribution >= 4 is 0 Å². The zero-order valence-electron chi connectivity index (χ0n) is 5.14. The number of nitrogens with zero attached hydrogens (tertiary/aromatic N) is 1. The molecule has 0 aliphatic carbocycles. The number of ether oxygens (including phenoxy) is 1. The highest BCUT2D eigenvalue weighted by molar-refractivity contribution is 4.71. The fourth-order valence-corrected chi connectivity index (χ4v) is 0.402. The van der Waals surface area contributed by atoms with Crippen LogP contribution in [0.3, 0.4) is 0 Å². The van der Waals surface area contributed by atoms with Gasteiger partial charge in [0.25, 0.3) is 0 Å². The fraction of sp³-hybridized carbons (Fsp3) is 0.800. The lowest BCUT2D eigenvalue weighted by atomic mass is 10.4. The van der Waals surface area contributed by atoms with Gasteiger partial charge in [0.15, 0.2) is 6.19 Å². The summed E-state index contributed by atoms with van der Waals surface area (Å²) in [6.07, 6.45) is 1.82. The van der Waals surface area contributed by atoms with E-state index in [0.717, 1.165) is 0 Å². The van der Waals surface area contributed by atoms with Gasteiger partial charge in [0, 0.05) is 7.11 Å². The molecule has 0 radical (unpaired) electrons. The molecule has 0 spiro atoms. The lowest BCUT2D eigenvalue weighted by Crippen LogP contribution is -2.25. The molecule has 0 aromatic heterocycles. The third-order valence-corrected chi connectivity index (χ3v) is 0.728. The fourth-order valence-electron chi connectivity index (χ4n) is 0.402. The Labute approximate surface area is 49.3 Å². The molecule has 8 heavy (non-hydrogen) atoms. The highest BCUT2D eigenvalue weighted by Crippen LogP contribution is 1.77. The van der Waals surface area contributed by atoms with Gasteiger partial charge in [-0.3, -0.25) is 0 Å². The summed E-state index contributed by atoms with van der Waals surface area (Å²) < 4.78 is 4.74. The average Bonchev–Trinajstić information content (AvgIpc) is 1.68. The largest absolute Gasteiger partial charge is 0.383 e. The van der Waals surface area contributed by atoms with Crippen LogP contribution in [0.1, 0.15) is 6.92 Å². The number of nitriles is 1. The van der Waals surface area contributed by atoms with Crippen LogP contribution in [-0.4, -0.2) is 19.8 Å². The average molecular weight is 114 g/mol. The maximum atomic E-state index is 8.05. The Morgan fingerprint density at radius 3 is 2.88 bits per heavy atom. The molecule has 1 N–H and O–H groups in total. The molecule has 0 bridgehead atoms. The van der Waals surface area contributed by atoms with Crippen LogP contribution in [0.2, 0.25) is 0 Å². The van der Waals surface area contributed by atoms with Crippen LogP contribution in [-0.2, 0) is 4.74 Å². The first kappa shape index (κ1) is 7.25. The Morgan fingerprint density at radius 2 is 2.50 bits per heavy atom. The molecule has 0 aliphatic heterocycles. The van der Waals surface area contributed by atoms with E-state index in [4.69, 9.17) is 10.00 Å². The summed E-state index contributed by atoms with van der Waals surface area (Å²) in [4.78, 5) is 0. The molecule has 0 saturated carbocycles. The first-order chi connectivity index (χ1) is 3.81. The SMILES string of the molecule is COCC(C)NC#N. The van der Waals surface area contributed by atoms with Gasteiger partial charge in [-0.05, 0) is 6.92 Å². The molecule has 46 valence electrons. The predicted octanol–water partition coefficient (Wildman–Crippen LogP) is 0.0920. The minimum Gasteiger partial charge on any atom is -0.383 e. The lowest BCUT2D eigenvalue weighted by molar-refractivity contribution is 0.178. The van der Waals surface area contributed by atoms with Crippen LogP contribution in [0, 0.1) is 11.5 Å². The monoisotopic (exact) mass is 114 g/mol. The number of hydrogen-bond acceptors (Lipinski definition) is 3. The van der Waals surface area contributed by atoms with Gasteiger partial charge in [-0.15, -0.1) is 0 Å². The number of methoxy groups -OCH3 is 1. The Morgan fingerprint density at radius 1 is 1.88 bits per heavy atom. The topological polar surface area (TPSA) is 45.0 Å². The Kier molecular flexibility index (Phi) is 4.00. The Bertz CT molecular complexity index is 86.9. The van der Waals surface area contributed by atoms with Crippen molar-refractivity contribution in [3.05, 3.63) is 0 Å². The van der Waals surface area contributed by atoms with E-state index in [2.05, 4.69) is 5.32 Å². The standard InChI is InChI=1S/C5H10N2O/c1-5(3-8-2)7-4-6/h5,7H,3H2,1-2H3. The molecule has 0 aliphatic rings. The van der Waals surface area contributed by atoms with Gasteiger partial charge < -0.3 is 10.1 Å². The second kappa shape index (κ2) is 4.41. The molecule has 3 nitrogen and oxygen atoms in total. The summed E-state index contributed by atoms with van der Waals surface area (Å²) in [5.74, 6) is 0. The van der Waals surface area contributed by atoms with E-state index in [0.29, 0.717) is 6.61 Å². The van der Waals surface area contributed by atoms with Crippen molar-refractivity contribution in [2.24, 2.45) is 0 Å². The minimum absolute atomic E-state index is 0.130. The van der Waals surface area contributed by atoms with Crippen LogP contribution < -0.4 is 5.32 Å². The molecule has 0 fully saturated rings. The maximum absolute atomic E-state index is 8.05. The molecule has 3 heteroatoms. The van der Waals surface area contributed by atoms with Crippen molar-refractivity contribution in [3.63, 3.8) is 0 Å².